The number of anilines is 1. The number of nitrogens with one attached hydrogen (secondary N) is 2. The van der Waals surface area contributed by atoms with Gasteiger partial charge in [-0.05, 0) is 57.9 Å². The van der Waals surface area contributed by atoms with E-state index in [-0.39, 0.29) is 11.8 Å². The largest absolute Gasteiger partial charge is 0.444 e. The van der Waals surface area contributed by atoms with Crippen LogP contribution in [0.4, 0.5) is 10.5 Å². The summed E-state index contributed by atoms with van der Waals surface area (Å²) < 4.78 is 5.42. The molecule has 1 atom stereocenters. The smallest absolute Gasteiger partial charge is 0.408 e. The minimum Gasteiger partial charge on any atom is -0.444 e. The normalized spacial score (nSPS) is 13.1. The van der Waals surface area contributed by atoms with E-state index in [2.05, 4.69) is 10.6 Å². The van der Waals surface area contributed by atoms with E-state index in [1.807, 2.05) is 75.4 Å². The molecule has 0 bridgehead atoms. The molecule has 0 spiro atoms. The maximum atomic E-state index is 12.4. The Morgan fingerprint density at radius 1 is 1.00 bits per heavy atom. The molecule has 160 valence electrons. The fourth-order valence-electron chi connectivity index (χ4n) is 3.07. The molecule has 0 saturated carbocycles. The van der Waals surface area contributed by atoms with Gasteiger partial charge in [0.1, 0.15) is 5.60 Å². The molecule has 0 radical (unpaired) electrons. The third-order valence-corrected chi connectivity index (χ3v) is 4.32. The van der Waals surface area contributed by atoms with Crippen LogP contribution in [0.3, 0.4) is 0 Å². The van der Waals surface area contributed by atoms with Crippen molar-refractivity contribution in [1.82, 2.24) is 5.32 Å². The maximum absolute atomic E-state index is 12.4. The number of amides is 1. The highest BCUT2D eigenvalue weighted by Gasteiger charge is 2.21. The Morgan fingerprint density at radius 2 is 1.60 bits per heavy atom. The van der Waals surface area contributed by atoms with Gasteiger partial charge in [-0.15, -0.1) is 0 Å². The average Bonchev–Trinajstić information content (AvgIpc) is 2.64. The number of carbonyl (C=O) groups excluding carboxylic acids is 2. The molecular formula is C24H31N3O3. The van der Waals surface area contributed by atoms with Gasteiger partial charge in [0.2, 0.25) is 0 Å². The number of benzene rings is 2. The molecule has 0 saturated heterocycles. The van der Waals surface area contributed by atoms with Crippen LogP contribution in [0.1, 0.15) is 51.8 Å². The lowest BCUT2D eigenvalue weighted by Gasteiger charge is -2.24. The minimum absolute atomic E-state index is 0.0862. The first-order valence-corrected chi connectivity index (χ1v) is 9.93. The molecule has 0 fully saturated rings. The standard InChI is InChI=1S/C24H31N3O3/c1-16(25)22(17(2)28)19-13-11-18(12-14-19)21(27-23(29)30-24(3,4)5)15-26-20-9-7-6-8-10-20/h6-14,21,26H,15,25H2,1-5H3,(H,27,29)/b22-16+/t21-/m0/s1. The monoisotopic (exact) mass is 409 g/mol. The molecule has 0 unspecified atom stereocenters. The van der Waals surface area contributed by atoms with E-state index in [9.17, 15) is 9.59 Å². The van der Waals surface area contributed by atoms with Gasteiger partial charge in [-0.25, -0.2) is 4.79 Å². The second-order valence-corrected chi connectivity index (χ2v) is 8.18. The second-order valence-electron chi connectivity index (χ2n) is 8.18. The lowest BCUT2D eigenvalue weighted by molar-refractivity contribution is -0.111. The summed E-state index contributed by atoms with van der Waals surface area (Å²) in [5, 5.41) is 6.26. The van der Waals surface area contributed by atoms with Gasteiger partial charge in [-0.2, -0.15) is 0 Å². The highest BCUT2D eigenvalue weighted by atomic mass is 16.6. The quantitative estimate of drug-likeness (QED) is 0.579. The number of Topliss-reactive ketones (excluding diaryl/α,β-unsaturated/α-hetero) is 1. The number of hydrogen-bond acceptors (Lipinski definition) is 5. The number of carbonyl (C=O) groups is 2. The van der Waals surface area contributed by atoms with Gasteiger partial charge in [0.15, 0.2) is 5.78 Å². The van der Waals surface area contributed by atoms with E-state index < -0.39 is 11.7 Å². The molecule has 2 aromatic carbocycles. The summed E-state index contributed by atoms with van der Waals surface area (Å²) in [6.07, 6.45) is -0.492. The van der Waals surface area contributed by atoms with Crippen molar-refractivity contribution in [3.05, 3.63) is 71.4 Å². The van der Waals surface area contributed by atoms with Gasteiger partial charge in [0.05, 0.1) is 6.04 Å². The third kappa shape index (κ3) is 6.95. The summed E-state index contributed by atoms with van der Waals surface area (Å²) in [6, 6.07) is 16.9. The maximum Gasteiger partial charge on any atom is 0.408 e. The minimum atomic E-state index is -0.592. The lowest BCUT2D eigenvalue weighted by Crippen LogP contribution is -2.37. The number of hydrogen-bond donors (Lipinski definition) is 3. The fraction of sp³-hybridized carbons (Fsp3) is 0.333. The Labute approximate surface area is 178 Å². The number of para-hydroxylation sites is 1. The first-order chi connectivity index (χ1) is 14.1. The van der Waals surface area contributed by atoms with Crippen LogP contribution in [0, 0.1) is 0 Å². The predicted molar refractivity (Wildman–Crippen MR) is 121 cm³/mol. The van der Waals surface area contributed by atoms with Crippen LogP contribution in [-0.4, -0.2) is 24.0 Å². The number of alkyl carbamates (subject to hydrolysis) is 1. The van der Waals surface area contributed by atoms with Crippen molar-refractivity contribution in [2.75, 3.05) is 11.9 Å². The van der Waals surface area contributed by atoms with Gasteiger partial charge in [0.25, 0.3) is 0 Å². The van der Waals surface area contributed by atoms with E-state index in [0.717, 1.165) is 16.8 Å². The highest BCUT2D eigenvalue weighted by molar-refractivity contribution is 6.20. The summed E-state index contributed by atoms with van der Waals surface area (Å²) in [4.78, 5) is 24.3. The summed E-state index contributed by atoms with van der Waals surface area (Å²) in [5.74, 6) is -0.0862. The topological polar surface area (TPSA) is 93.5 Å². The summed E-state index contributed by atoms with van der Waals surface area (Å²) >= 11 is 0. The van der Waals surface area contributed by atoms with E-state index in [1.165, 1.54) is 6.92 Å². The SMILES string of the molecule is CC(=O)/C(=C(/C)N)c1ccc([C@H](CNc2ccccc2)NC(=O)OC(C)(C)C)cc1. The van der Waals surface area contributed by atoms with Crippen LogP contribution < -0.4 is 16.4 Å². The Bertz CT molecular complexity index is 894. The summed E-state index contributed by atoms with van der Waals surface area (Å²) in [6.45, 7) is 9.14. The number of ketones is 1. The zero-order valence-corrected chi connectivity index (χ0v) is 18.3. The fourth-order valence-corrected chi connectivity index (χ4v) is 3.07. The lowest BCUT2D eigenvalue weighted by atomic mass is 9.97. The van der Waals surface area contributed by atoms with Crippen LogP contribution in [0.15, 0.2) is 60.3 Å². The van der Waals surface area contributed by atoms with Crippen LogP contribution in [0.25, 0.3) is 5.57 Å². The van der Waals surface area contributed by atoms with Crippen molar-refractivity contribution in [1.29, 1.82) is 0 Å². The average molecular weight is 410 g/mol. The van der Waals surface area contributed by atoms with Gasteiger partial charge >= 0.3 is 6.09 Å². The number of ether oxygens (including phenoxy) is 1. The molecule has 0 aliphatic rings. The second kappa shape index (κ2) is 9.96. The predicted octanol–water partition coefficient (Wildman–Crippen LogP) is 4.64. The Hall–Kier alpha value is -3.28. The van der Waals surface area contributed by atoms with Crippen LogP contribution in [-0.2, 0) is 9.53 Å². The Balaban J connectivity index is 2.25. The molecule has 0 aliphatic heterocycles. The van der Waals surface area contributed by atoms with E-state index in [1.54, 1.807) is 6.92 Å². The van der Waals surface area contributed by atoms with Gasteiger partial charge in [-0.3, -0.25) is 4.79 Å². The molecule has 30 heavy (non-hydrogen) atoms. The number of allylic oxidation sites excluding steroid dienone is 2. The molecule has 0 heterocycles. The van der Waals surface area contributed by atoms with E-state index in [0.29, 0.717) is 17.8 Å². The molecule has 2 aromatic rings. The number of rotatable bonds is 7. The van der Waals surface area contributed by atoms with Crippen LogP contribution in [0.5, 0.6) is 0 Å². The highest BCUT2D eigenvalue weighted by Crippen LogP contribution is 2.22. The zero-order chi connectivity index (χ0) is 22.3. The first kappa shape index (κ1) is 23.0. The molecule has 2 rings (SSSR count). The van der Waals surface area contributed by atoms with Gasteiger partial charge in [0, 0.05) is 23.5 Å². The number of nitrogens with two attached hydrogens (primary N) is 1. The van der Waals surface area contributed by atoms with Gasteiger partial charge < -0.3 is 21.1 Å². The van der Waals surface area contributed by atoms with Crippen molar-refractivity contribution in [3.63, 3.8) is 0 Å². The summed E-state index contributed by atoms with van der Waals surface area (Å²) in [5.41, 5.74) is 8.84. The first-order valence-electron chi connectivity index (χ1n) is 9.93. The van der Waals surface area contributed by atoms with Crippen LogP contribution in [0.2, 0.25) is 0 Å². The van der Waals surface area contributed by atoms with Crippen molar-refractivity contribution >= 4 is 23.1 Å². The van der Waals surface area contributed by atoms with Crippen molar-refractivity contribution in [2.24, 2.45) is 5.73 Å². The molecule has 4 N–H and O–H groups in total. The molecule has 6 nitrogen and oxygen atoms in total. The molecule has 6 heteroatoms. The van der Waals surface area contributed by atoms with E-state index >= 15 is 0 Å². The van der Waals surface area contributed by atoms with Crippen molar-refractivity contribution in [2.45, 2.75) is 46.3 Å². The van der Waals surface area contributed by atoms with Gasteiger partial charge in [-0.1, -0.05) is 42.5 Å². The zero-order valence-electron chi connectivity index (χ0n) is 18.3. The molecule has 1 amide bonds. The van der Waals surface area contributed by atoms with Crippen molar-refractivity contribution < 1.29 is 14.3 Å². The molecular weight excluding hydrogens is 378 g/mol. The Morgan fingerprint density at radius 3 is 2.10 bits per heavy atom. The van der Waals surface area contributed by atoms with Crippen molar-refractivity contribution in [3.8, 4) is 0 Å². The molecule has 0 aromatic heterocycles. The Kier molecular flexibility index (Phi) is 7.64. The molecule has 0 aliphatic carbocycles. The van der Waals surface area contributed by atoms with Crippen LogP contribution >= 0.6 is 0 Å². The van der Waals surface area contributed by atoms with E-state index in [4.69, 9.17) is 10.5 Å². The third-order valence-electron chi connectivity index (χ3n) is 4.32. The summed E-state index contributed by atoms with van der Waals surface area (Å²) in [7, 11) is 0.